The first kappa shape index (κ1) is 10.6. The first-order valence-corrected chi connectivity index (χ1v) is 5.81. The minimum atomic E-state index is 0.677. The van der Waals surface area contributed by atoms with Gasteiger partial charge in [-0.05, 0) is 32.5 Å². The van der Waals surface area contributed by atoms with Crippen LogP contribution in [0, 0.1) is 0 Å². The molecule has 0 amide bonds. The van der Waals surface area contributed by atoms with Gasteiger partial charge in [0.25, 0.3) is 0 Å². The minimum absolute atomic E-state index is 0.677. The molecular weight excluding hydrogens is 188 g/mol. The molecule has 0 saturated carbocycles. The van der Waals surface area contributed by atoms with Crippen LogP contribution in [0.25, 0.3) is 0 Å². The SMILES string of the molecule is CCN1CCC(NCc2cnc[nH]2)CC1. The van der Waals surface area contributed by atoms with Crippen LogP contribution in [0.15, 0.2) is 12.5 Å². The zero-order chi connectivity index (χ0) is 10.5. The number of hydrogen-bond acceptors (Lipinski definition) is 3. The summed E-state index contributed by atoms with van der Waals surface area (Å²) in [5.41, 5.74) is 1.17. The quantitative estimate of drug-likeness (QED) is 0.775. The highest BCUT2D eigenvalue weighted by Gasteiger charge is 2.17. The van der Waals surface area contributed by atoms with Crippen molar-refractivity contribution in [3.8, 4) is 0 Å². The summed E-state index contributed by atoms with van der Waals surface area (Å²) in [6.07, 6.45) is 6.15. The number of rotatable bonds is 4. The van der Waals surface area contributed by atoms with Gasteiger partial charge < -0.3 is 15.2 Å². The van der Waals surface area contributed by atoms with Gasteiger partial charge in [-0.25, -0.2) is 4.98 Å². The topological polar surface area (TPSA) is 44.0 Å². The van der Waals surface area contributed by atoms with Crippen LogP contribution < -0.4 is 5.32 Å². The molecule has 1 aromatic heterocycles. The van der Waals surface area contributed by atoms with Gasteiger partial charge in [-0.3, -0.25) is 0 Å². The van der Waals surface area contributed by atoms with E-state index in [-0.39, 0.29) is 0 Å². The molecule has 15 heavy (non-hydrogen) atoms. The summed E-state index contributed by atoms with van der Waals surface area (Å²) < 4.78 is 0. The highest BCUT2D eigenvalue weighted by Crippen LogP contribution is 2.10. The van der Waals surface area contributed by atoms with Crippen LogP contribution >= 0.6 is 0 Å². The first-order chi connectivity index (χ1) is 7.38. The second-order valence-electron chi connectivity index (χ2n) is 4.17. The molecule has 0 aliphatic carbocycles. The van der Waals surface area contributed by atoms with E-state index in [1.807, 2.05) is 6.20 Å². The maximum atomic E-state index is 4.01. The van der Waals surface area contributed by atoms with E-state index >= 15 is 0 Å². The van der Waals surface area contributed by atoms with E-state index in [2.05, 4.69) is 27.1 Å². The number of hydrogen-bond donors (Lipinski definition) is 2. The molecule has 1 aliphatic heterocycles. The van der Waals surface area contributed by atoms with Gasteiger partial charge >= 0.3 is 0 Å². The highest BCUT2D eigenvalue weighted by atomic mass is 15.1. The van der Waals surface area contributed by atoms with Crippen molar-refractivity contribution in [1.82, 2.24) is 20.2 Å². The van der Waals surface area contributed by atoms with Gasteiger partial charge in [0.05, 0.1) is 6.33 Å². The standard InChI is InChI=1S/C11H20N4/c1-2-15-5-3-10(4-6-15)13-8-11-7-12-9-14-11/h7,9-10,13H,2-6,8H2,1H3,(H,12,14). The van der Waals surface area contributed by atoms with E-state index in [9.17, 15) is 0 Å². The van der Waals surface area contributed by atoms with Gasteiger partial charge in [0.15, 0.2) is 0 Å². The lowest BCUT2D eigenvalue weighted by atomic mass is 10.1. The van der Waals surface area contributed by atoms with Crippen molar-refractivity contribution in [2.45, 2.75) is 32.4 Å². The van der Waals surface area contributed by atoms with Gasteiger partial charge in [-0.1, -0.05) is 6.92 Å². The van der Waals surface area contributed by atoms with E-state index in [1.54, 1.807) is 6.33 Å². The third-order valence-electron chi connectivity index (χ3n) is 3.17. The van der Waals surface area contributed by atoms with Gasteiger partial charge in [-0.2, -0.15) is 0 Å². The number of nitrogens with one attached hydrogen (secondary N) is 2. The lowest BCUT2D eigenvalue weighted by Crippen LogP contribution is -2.42. The zero-order valence-corrected chi connectivity index (χ0v) is 9.37. The van der Waals surface area contributed by atoms with Crippen molar-refractivity contribution in [3.05, 3.63) is 18.2 Å². The van der Waals surface area contributed by atoms with Crippen molar-refractivity contribution >= 4 is 0 Å². The molecule has 2 rings (SSSR count). The summed E-state index contributed by atoms with van der Waals surface area (Å²) in [6, 6.07) is 0.677. The van der Waals surface area contributed by atoms with E-state index < -0.39 is 0 Å². The van der Waals surface area contributed by atoms with E-state index in [0.717, 1.165) is 6.54 Å². The van der Waals surface area contributed by atoms with Gasteiger partial charge in [0, 0.05) is 24.5 Å². The van der Waals surface area contributed by atoms with Gasteiger partial charge in [-0.15, -0.1) is 0 Å². The Balaban J connectivity index is 1.69. The summed E-state index contributed by atoms with van der Waals surface area (Å²) in [5.74, 6) is 0. The summed E-state index contributed by atoms with van der Waals surface area (Å²) in [6.45, 7) is 6.80. The Bertz CT molecular complexity index is 262. The fourth-order valence-electron chi connectivity index (χ4n) is 2.09. The molecule has 2 N–H and O–H groups in total. The molecule has 0 radical (unpaired) electrons. The number of H-pyrrole nitrogens is 1. The van der Waals surface area contributed by atoms with Crippen LogP contribution in [0.2, 0.25) is 0 Å². The maximum Gasteiger partial charge on any atom is 0.0922 e. The van der Waals surface area contributed by atoms with Crippen LogP contribution in [-0.2, 0) is 6.54 Å². The molecule has 0 unspecified atom stereocenters. The molecule has 1 aromatic rings. The Morgan fingerprint density at radius 3 is 2.93 bits per heavy atom. The molecule has 4 heteroatoms. The smallest absolute Gasteiger partial charge is 0.0922 e. The molecule has 0 atom stereocenters. The first-order valence-electron chi connectivity index (χ1n) is 5.81. The number of nitrogens with zero attached hydrogens (tertiary/aromatic N) is 2. The van der Waals surface area contributed by atoms with E-state index in [4.69, 9.17) is 0 Å². The Hall–Kier alpha value is -0.870. The number of piperidine rings is 1. The molecular formula is C11H20N4. The van der Waals surface area contributed by atoms with Crippen LogP contribution in [-0.4, -0.2) is 40.5 Å². The Morgan fingerprint density at radius 2 is 2.33 bits per heavy atom. The zero-order valence-electron chi connectivity index (χ0n) is 9.37. The Kier molecular flexibility index (Phi) is 3.75. The summed E-state index contributed by atoms with van der Waals surface area (Å²) >= 11 is 0. The van der Waals surface area contributed by atoms with Crippen molar-refractivity contribution in [2.75, 3.05) is 19.6 Å². The molecule has 4 nitrogen and oxygen atoms in total. The number of aromatic amines is 1. The summed E-state index contributed by atoms with van der Waals surface area (Å²) in [5, 5.41) is 3.57. The molecule has 84 valence electrons. The molecule has 0 spiro atoms. The largest absolute Gasteiger partial charge is 0.347 e. The van der Waals surface area contributed by atoms with Crippen LogP contribution in [0.3, 0.4) is 0 Å². The van der Waals surface area contributed by atoms with E-state index in [1.165, 1.54) is 38.2 Å². The second kappa shape index (κ2) is 5.28. The molecule has 0 aromatic carbocycles. The monoisotopic (exact) mass is 208 g/mol. The fraction of sp³-hybridized carbons (Fsp3) is 0.727. The molecule has 2 heterocycles. The van der Waals surface area contributed by atoms with Crippen LogP contribution in [0.1, 0.15) is 25.5 Å². The lowest BCUT2D eigenvalue weighted by molar-refractivity contribution is 0.205. The average molecular weight is 208 g/mol. The summed E-state index contributed by atoms with van der Waals surface area (Å²) in [4.78, 5) is 9.63. The normalized spacial score (nSPS) is 19.5. The summed E-state index contributed by atoms with van der Waals surface area (Å²) in [7, 11) is 0. The average Bonchev–Trinajstić information content (AvgIpc) is 2.80. The molecule has 1 fully saturated rings. The minimum Gasteiger partial charge on any atom is -0.347 e. The Morgan fingerprint density at radius 1 is 1.53 bits per heavy atom. The predicted molar refractivity (Wildman–Crippen MR) is 60.6 cm³/mol. The van der Waals surface area contributed by atoms with Crippen LogP contribution in [0.4, 0.5) is 0 Å². The highest BCUT2D eigenvalue weighted by molar-refractivity contribution is 4.94. The number of imidazole rings is 1. The van der Waals surface area contributed by atoms with Crippen molar-refractivity contribution in [3.63, 3.8) is 0 Å². The number of aromatic nitrogens is 2. The second-order valence-corrected chi connectivity index (χ2v) is 4.17. The van der Waals surface area contributed by atoms with Crippen LogP contribution in [0.5, 0.6) is 0 Å². The fourth-order valence-corrected chi connectivity index (χ4v) is 2.09. The molecule has 0 bridgehead atoms. The van der Waals surface area contributed by atoms with Gasteiger partial charge in [0.1, 0.15) is 0 Å². The third-order valence-corrected chi connectivity index (χ3v) is 3.17. The predicted octanol–water partition coefficient (Wildman–Crippen LogP) is 0.984. The van der Waals surface area contributed by atoms with Gasteiger partial charge in [0.2, 0.25) is 0 Å². The van der Waals surface area contributed by atoms with E-state index in [0.29, 0.717) is 6.04 Å². The Labute approximate surface area is 91.1 Å². The van der Waals surface area contributed by atoms with Crippen molar-refractivity contribution in [2.24, 2.45) is 0 Å². The molecule has 1 saturated heterocycles. The maximum absolute atomic E-state index is 4.01. The van der Waals surface area contributed by atoms with Crippen molar-refractivity contribution in [1.29, 1.82) is 0 Å². The number of likely N-dealkylation sites (tertiary alicyclic amines) is 1. The molecule has 1 aliphatic rings. The van der Waals surface area contributed by atoms with Crippen molar-refractivity contribution < 1.29 is 0 Å². The lowest BCUT2D eigenvalue weighted by Gasteiger charge is -2.31. The third kappa shape index (κ3) is 3.04.